The molecule has 2 heterocycles. The molecule has 1 amide bonds. The second-order valence-electron chi connectivity index (χ2n) is 5.75. The maximum atomic E-state index is 12.6. The summed E-state index contributed by atoms with van der Waals surface area (Å²) in [6.07, 6.45) is 5.17. The van der Waals surface area contributed by atoms with Crippen molar-refractivity contribution in [2.75, 3.05) is 5.32 Å². The number of halogens is 1. The number of nitrogens with one attached hydrogen (secondary N) is 1. The Balaban J connectivity index is 1.94. The molecule has 0 fully saturated rings. The van der Waals surface area contributed by atoms with Crippen LogP contribution >= 0.6 is 15.9 Å². The Morgan fingerprint density at radius 1 is 1.29 bits per heavy atom. The molecule has 0 atom stereocenters. The van der Waals surface area contributed by atoms with Crippen LogP contribution in [0.2, 0.25) is 0 Å². The molecule has 0 bridgehead atoms. The topological polar surface area (TPSA) is 79.5 Å². The standard InChI is InChI=1S/C21H16BrNO4Se/c1-3-5-13-10-17(27-16(13)4-2)19(24)23-20-18(21(25)26)15(11-28-20)12-6-8-14(22)9-7-12/h3-11H,2H2,1H3,(H,23,24)(H,25,26)/b5-3-. The number of anilines is 1. The fourth-order valence-electron chi connectivity index (χ4n) is 2.67. The average molecular weight is 505 g/mol. The van der Waals surface area contributed by atoms with Crippen molar-refractivity contribution in [2.24, 2.45) is 0 Å². The average Bonchev–Trinajstić information content (AvgIpc) is 3.27. The van der Waals surface area contributed by atoms with Crippen LogP contribution in [0, 0.1) is 0 Å². The summed E-state index contributed by atoms with van der Waals surface area (Å²) in [6.45, 7) is 5.54. The van der Waals surface area contributed by atoms with E-state index in [1.54, 1.807) is 6.07 Å². The molecule has 142 valence electrons. The number of hydrogen-bond acceptors (Lipinski definition) is 3. The molecular weight excluding hydrogens is 489 g/mol. The molecule has 5 nitrogen and oxygen atoms in total. The number of carboxylic acid groups (broad SMARTS) is 1. The van der Waals surface area contributed by atoms with Crippen molar-refractivity contribution in [2.45, 2.75) is 6.92 Å². The molecule has 0 spiro atoms. The van der Waals surface area contributed by atoms with Crippen LogP contribution in [0.3, 0.4) is 0 Å². The van der Waals surface area contributed by atoms with E-state index in [1.165, 1.54) is 6.08 Å². The number of carbonyl (C=O) groups excluding carboxylic acids is 1. The van der Waals surface area contributed by atoms with Crippen molar-refractivity contribution in [3.63, 3.8) is 0 Å². The monoisotopic (exact) mass is 505 g/mol. The molecule has 28 heavy (non-hydrogen) atoms. The van der Waals surface area contributed by atoms with Crippen LogP contribution in [0.4, 0.5) is 4.56 Å². The van der Waals surface area contributed by atoms with Gasteiger partial charge in [-0.05, 0) is 0 Å². The second-order valence-corrected chi connectivity index (χ2v) is 8.52. The van der Waals surface area contributed by atoms with Gasteiger partial charge in [0, 0.05) is 0 Å². The Morgan fingerprint density at radius 2 is 2.00 bits per heavy atom. The number of amides is 1. The zero-order valence-corrected chi connectivity index (χ0v) is 18.2. The third kappa shape index (κ3) is 4.12. The van der Waals surface area contributed by atoms with Crippen molar-refractivity contribution in [3.05, 3.63) is 75.0 Å². The van der Waals surface area contributed by atoms with Gasteiger partial charge >= 0.3 is 177 Å². The van der Waals surface area contributed by atoms with Crippen molar-refractivity contribution in [3.8, 4) is 11.1 Å². The fourth-order valence-corrected chi connectivity index (χ4v) is 4.94. The third-order valence-corrected chi connectivity index (χ3v) is 6.34. The molecule has 2 aromatic heterocycles. The normalized spacial score (nSPS) is 10.9. The first kappa shape index (κ1) is 20.1. The van der Waals surface area contributed by atoms with E-state index < -0.39 is 11.9 Å². The van der Waals surface area contributed by atoms with Gasteiger partial charge in [0.05, 0.1) is 0 Å². The van der Waals surface area contributed by atoms with Gasteiger partial charge in [0.25, 0.3) is 0 Å². The third-order valence-electron chi connectivity index (χ3n) is 3.93. The van der Waals surface area contributed by atoms with Gasteiger partial charge in [0.1, 0.15) is 0 Å². The molecule has 0 aliphatic carbocycles. The first-order valence-corrected chi connectivity index (χ1v) is 10.9. The van der Waals surface area contributed by atoms with Gasteiger partial charge < -0.3 is 0 Å². The van der Waals surface area contributed by atoms with Crippen molar-refractivity contribution in [1.29, 1.82) is 0 Å². The second kappa shape index (κ2) is 8.61. The Hall–Kier alpha value is -2.60. The summed E-state index contributed by atoms with van der Waals surface area (Å²) in [7, 11) is 0. The zero-order chi connectivity index (χ0) is 20.3. The summed E-state index contributed by atoms with van der Waals surface area (Å²) < 4.78 is 6.84. The number of allylic oxidation sites excluding steroid dienone is 1. The van der Waals surface area contributed by atoms with Gasteiger partial charge in [-0.3, -0.25) is 0 Å². The molecule has 7 heteroatoms. The number of carbonyl (C=O) groups is 2. The number of rotatable bonds is 6. The molecule has 1 aromatic carbocycles. The van der Waals surface area contributed by atoms with Crippen LogP contribution in [0.15, 0.2) is 56.8 Å². The number of furan rings is 1. The van der Waals surface area contributed by atoms with Crippen LogP contribution in [-0.4, -0.2) is 31.5 Å². The summed E-state index contributed by atoms with van der Waals surface area (Å²) in [5, 5.41) is 12.4. The number of benzene rings is 1. The first-order valence-electron chi connectivity index (χ1n) is 8.25. The van der Waals surface area contributed by atoms with Crippen LogP contribution < -0.4 is 5.32 Å². The van der Waals surface area contributed by atoms with Gasteiger partial charge in [-0.1, -0.05) is 0 Å². The van der Waals surface area contributed by atoms with E-state index in [2.05, 4.69) is 27.8 Å². The molecule has 2 N–H and O–H groups in total. The predicted octanol–water partition coefficient (Wildman–Crippen LogP) is 5.39. The summed E-state index contributed by atoms with van der Waals surface area (Å²) in [5.74, 6) is -0.973. The molecule has 0 unspecified atom stereocenters. The Labute approximate surface area is 176 Å². The predicted molar refractivity (Wildman–Crippen MR) is 115 cm³/mol. The number of aromatic carboxylic acids is 1. The quantitative estimate of drug-likeness (QED) is 0.441. The van der Waals surface area contributed by atoms with Crippen molar-refractivity contribution >= 4 is 59.0 Å². The molecule has 0 saturated heterocycles. The molecule has 3 aromatic rings. The van der Waals surface area contributed by atoms with Crippen LogP contribution in [0.25, 0.3) is 23.3 Å². The Kier molecular flexibility index (Phi) is 6.19. The summed E-state index contributed by atoms with van der Waals surface area (Å²) in [4.78, 5) is 26.4. The van der Waals surface area contributed by atoms with E-state index >= 15 is 0 Å². The van der Waals surface area contributed by atoms with Gasteiger partial charge in [0.15, 0.2) is 0 Å². The van der Waals surface area contributed by atoms with Crippen molar-refractivity contribution in [1.82, 2.24) is 0 Å². The minimum atomic E-state index is -1.08. The fraction of sp³-hybridized carbons (Fsp3) is 0.0476. The van der Waals surface area contributed by atoms with Crippen molar-refractivity contribution < 1.29 is 19.1 Å². The van der Waals surface area contributed by atoms with E-state index in [-0.39, 0.29) is 25.8 Å². The van der Waals surface area contributed by atoms with Gasteiger partial charge in [-0.25, -0.2) is 0 Å². The molecule has 3 rings (SSSR count). The molecule has 0 saturated carbocycles. The SMILES string of the molecule is C=Cc1oc(C(=O)Nc2[se]cc(-c3ccc(Br)cc3)c2C(=O)O)cc1/C=C\C. The van der Waals surface area contributed by atoms with Crippen LogP contribution in [0.5, 0.6) is 0 Å². The maximum absolute atomic E-state index is 12.6. The summed E-state index contributed by atoms with van der Waals surface area (Å²) in [5.41, 5.74) is 2.24. The van der Waals surface area contributed by atoms with E-state index in [1.807, 2.05) is 48.3 Å². The molecule has 0 aliphatic rings. The Morgan fingerprint density at radius 3 is 2.61 bits per heavy atom. The van der Waals surface area contributed by atoms with Crippen LogP contribution in [0.1, 0.15) is 39.2 Å². The van der Waals surface area contributed by atoms with E-state index in [9.17, 15) is 14.7 Å². The summed E-state index contributed by atoms with van der Waals surface area (Å²) in [6, 6.07) is 8.99. The minimum absolute atomic E-state index is 0.105. The van der Waals surface area contributed by atoms with E-state index in [4.69, 9.17) is 4.42 Å². The van der Waals surface area contributed by atoms with E-state index in [0.29, 0.717) is 15.9 Å². The van der Waals surface area contributed by atoms with Gasteiger partial charge in [0.2, 0.25) is 0 Å². The molecular formula is C21H16BrNO4Se. The zero-order valence-electron chi connectivity index (χ0n) is 14.9. The molecule has 0 aliphatic heterocycles. The summed E-state index contributed by atoms with van der Waals surface area (Å²) >= 11 is 3.06. The van der Waals surface area contributed by atoms with Gasteiger partial charge in [-0.15, -0.1) is 0 Å². The molecule has 0 radical (unpaired) electrons. The Bertz CT molecular complexity index is 1080. The van der Waals surface area contributed by atoms with E-state index in [0.717, 1.165) is 15.6 Å². The van der Waals surface area contributed by atoms with Gasteiger partial charge in [-0.2, -0.15) is 0 Å². The first-order chi connectivity index (χ1) is 13.4. The number of carboxylic acids is 1. The number of hydrogen-bond donors (Lipinski definition) is 2. The van der Waals surface area contributed by atoms with Crippen LogP contribution in [-0.2, 0) is 0 Å².